The molecule has 2 N–H and O–H groups in total. The van der Waals surface area contributed by atoms with Crippen molar-refractivity contribution in [2.75, 3.05) is 13.1 Å². The standard InChI is InChI=1S/C13H18N4O2/c1-2-17(8-11-4-3-7-19-11)13(18)12-9-16(6-5-14)10-15-12/h3-4,7,9-10H,2,5-6,8,14H2,1H3. The molecule has 2 heterocycles. The lowest BCUT2D eigenvalue weighted by molar-refractivity contribution is 0.0736. The largest absolute Gasteiger partial charge is 0.467 e. The van der Waals surface area contributed by atoms with E-state index in [9.17, 15) is 4.79 Å². The zero-order chi connectivity index (χ0) is 13.7. The molecule has 0 aliphatic rings. The summed E-state index contributed by atoms with van der Waals surface area (Å²) in [6, 6.07) is 3.66. The third-order valence-electron chi connectivity index (χ3n) is 2.84. The van der Waals surface area contributed by atoms with Crippen molar-refractivity contribution in [2.45, 2.75) is 20.0 Å². The van der Waals surface area contributed by atoms with Crippen molar-refractivity contribution in [3.05, 3.63) is 42.4 Å². The van der Waals surface area contributed by atoms with Gasteiger partial charge in [-0.15, -0.1) is 0 Å². The highest BCUT2D eigenvalue weighted by Crippen LogP contribution is 2.09. The lowest BCUT2D eigenvalue weighted by Crippen LogP contribution is -2.30. The van der Waals surface area contributed by atoms with Gasteiger partial charge >= 0.3 is 0 Å². The Labute approximate surface area is 111 Å². The number of nitrogens with two attached hydrogens (primary N) is 1. The van der Waals surface area contributed by atoms with E-state index in [1.165, 1.54) is 0 Å². The first kappa shape index (κ1) is 13.4. The van der Waals surface area contributed by atoms with Gasteiger partial charge in [0.25, 0.3) is 5.91 Å². The van der Waals surface area contributed by atoms with Crippen molar-refractivity contribution in [1.29, 1.82) is 0 Å². The molecule has 0 saturated carbocycles. The van der Waals surface area contributed by atoms with Crippen molar-refractivity contribution in [3.63, 3.8) is 0 Å². The van der Waals surface area contributed by atoms with Crippen molar-refractivity contribution >= 4 is 5.91 Å². The number of imidazole rings is 1. The average molecular weight is 262 g/mol. The van der Waals surface area contributed by atoms with E-state index < -0.39 is 0 Å². The molecule has 0 aromatic carbocycles. The Bertz CT molecular complexity index is 518. The van der Waals surface area contributed by atoms with E-state index in [-0.39, 0.29) is 5.91 Å². The van der Waals surface area contributed by atoms with Crippen LogP contribution in [0.4, 0.5) is 0 Å². The smallest absolute Gasteiger partial charge is 0.274 e. The average Bonchev–Trinajstić information content (AvgIpc) is 3.06. The summed E-state index contributed by atoms with van der Waals surface area (Å²) in [7, 11) is 0. The third kappa shape index (κ3) is 3.23. The van der Waals surface area contributed by atoms with E-state index in [0.717, 1.165) is 5.76 Å². The normalized spacial score (nSPS) is 10.6. The number of hydrogen-bond acceptors (Lipinski definition) is 4. The van der Waals surface area contributed by atoms with Crippen LogP contribution in [0.5, 0.6) is 0 Å². The molecule has 19 heavy (non-hydrogen) atoms. The molecule has 0 radical (unpaired) electrons. The fraction of sp³-hybridized carbons (Fsp3) is 0.385. The minimum absolute atomic E-state index is 0.102. The summed E-state index contributed by atoms with van der Waals surface area (Å²) in [5.74, 6) is 0.659. The Morgan fingerprint density at radius 2 is 2.42 bits per heavy atom. The quantitative estimate of drug-likeness (QED) is 0.845. The van der Waals surface area contributed by atoms with E-state index in [2.05, 4.69) is 4.98 Å². The maximum Gasteiger partial charge on any atom is 0.274 e. The predicted octanol–water partition coefficient (Wildman–Crippen LogP) is 1.10. The molecule has 0 atom stereocenters. The number of furan rings is 1. The van der Waals surface area contributed by atoms with Crippen LogP contribution in [0.1, 0.15) is 23.2 Å². The zero-order valence-electron chi connectivity index (χ0n) is 11.0. The SMILES string of the molecule is CCN(Cc1ccco1)C(=O)c1cn(CCN)cn1. The van der Waals surface area contributed by atoms with Gasteiger partial charge in [0.15, 0.2) is 0 Å². The van der Waals surface area contributed by atoms with Crippen LogP contribution in [-0.2, 0) is 13.1 Å². The van der Waals surface area contributed by atoms with Gasteiger partial charge in [-0.25, -0.2) is 4.98 Å². The molecule has 1 amide bonds. The summed E-state index contributed by atoms with van der Waals surface area (Å²) in [5, 5.41) is 0. The molecule has 0 aliphatic carbocycles. The second-order valence-corrected chi connectivity index (χ2v) is 4.18. The Morgan fingerprint density at radius 3 is 3.05 bits per heavy atom. The molecule has 6 nitrogen and oxygen atoms in total. The van der Waals surface area contributed by atoms with Crippen molar-refractivity contribution in [2.24, 2.45) is 5.73 Å². The molecule has 2 aromatic rings. The van der Waals surface area contributed by atoms with E-state index in [0.29, 0.717) is 31.9 Å². The van der Waals surface area contributed by atoms with E-state index in [1.54, 1.807) is 23.7 Å². The molecule has 102 valence electrons. The second kappa shape index (κ2) is 6.19. The number of aromatic nitrogens is 2. The van der Waals surface area contributed by atoms with Crippen LogP contribution in [0, 0.1) is 0 Å². The predicted molar refractivity (Wildman–Crippen MR) is 70.4 cm³/mol. The van der Waals surface area contributed by atoms with Crippen molar-refractivity contribution in [1.82, 2.24) is 14.5 Å². The van der Waals surface area contributed by atoms with Gasteiger partial charge in [0, 0.05) is 25.8 Å². The summed E-state index contributed by atoms with van der Waals surface area (Å²) >= 11 is 0. The fourth-order valence-corrected chi connectivity index (χ4v) is 1.82. The number of rotatable bonds is 6. The highest BCUT2D eigenvalue weighted by molar-refractivity contribution is 5.92. The lowest BCUT2D eigenvalue weighted by atomic mass is 10.3. The Hall–Kier alpha value is -2.08. The third-order valence-corrected chi connectivity index (χ3v) is 2.84. The summed E-state index contributed by atoms with van der Waals surface area (Å²) in [6.45, 7) is 4.16. The Balaban J connectivity index is 2.06. The molecule has 0 saturated heterocycles. The monoisotopic (exact) mass is 262 g/mol. The van der Waals surface area contributed by atoms with Crippen LogP contribution >= 0.6 is 0 Å². The number of amides is 1. The van der Waals surface area contributed by atoms with Gasteiger partial charge in [-0.05, 0) is 19.1 Å². The summed E-state index contributed by atoms with van der Waals surface area (Å²) in [5.41, 5.74) is 5.90. The maximum absolute atomic E-state index is 12.3. The molecular weight excluding hydrogens is 244 g/mol. The molecule has 0 unspecified atom stereocenters. The molecule has 2 aromatic heterocycles. The first-order valence-corrected chi connectivity index (χ1v) is 6.28. The summed E-state index contributed by atoms with van der Waals surface area (Å²) in [4.78, 5) is 18.1. The van der Waals surface area contributed by atoms with Crippen molar-refractivity contribution < 1.29 is 9.21 Å². The van der Waals surface area contributed by atoms with Crippen LogP contribution in [0.15, 0.2) is 35.3 Å². The molecular formula is C13H18N4O2. The highest BCUT2D eigenvalue weighted by Gasteiger charge is 2.17. The molecule has 0 aliphatic heterocycles. The number of nitrogens with zero attached hydrogens (tertiary/aromatic N) is 3. The van der Waals surface area contributed by atoms with Gasteiger partial charge < -0.3 is 19.6 Å². The van der Waals surface area contributed by atoms with Gasteiger partial charge in [-0.3, -0.25) is 4.79 Å². The van der Waals surface area contributed by atoms with Crippen molar-refractivity contribution in [3.8, 4) is 0 Å². The molecule has 0 spiro atoms. The Kier molecular flexibility index (Phi) is 4.35. The molecule has 0 fully saturated rings. The van der Waals surface area contributed by atoms with Crippen LogP contribution in [0.3, 0.4) is 0 Å². The molecule has 2 rings (SSSR count). The van der Waals surface area contributed by atoms with Gasteiger partial charge in [-0.2, -0.15) is 0 Å². The highest BCUT2D eigenvalue weighted by atomic mass is 16.3. The van der Waals surface area contributed by atoms with Crippen LogP contribution < -0.4 is 5.73 Å². The first-order chi connectivity index (χ1) is 9.24. The van der Waals surface area contributed by atoms with Gasteiger partial charge in [-0.1, -0.05) is 0 Å². The maximum atomic E-state index is 12.3. The van der Waals surface area contributed by atoms with Gasteiger partial charge in [0.1, 0.15) is 11.5 Å². The Morgan fingerprint density at radius 1 is 1.58 bits per heavy atom. The van der Waals surface area contributed by atoms with E-state index in [1.807, 2.05) is 23.6 Å². The van der Waals surface area contributed by atoms with E-state index >= 15 is 0 Å². The van der Waals surface area contributed by atoms with E-state index in [4.69, 9.17) is 10.2 Å². The first-order valence-electron chi connectivity index (χ1n) is 6.28. The number of hydrogen-bond donors (Lipinski definition) is 1. The minimum atomic E-state index is -0.102. The second-order valence-electron chi connectivity index (χ2n) is 4.18. The minimum Gasteiger partial charge on any atom is -0.467 e. The van der Waals surface area contributed by atoms with Gasteiger partial charge in [0.2, 0.25) is 0 Å². The summed E-state index contributed by atoms with van der Waals surface area (Å²) in [6.07, 6.45) is 4.95. The number of carbonyl (C=O) groups excluding carboxylic acids is 1. The van der Waals surface area contributed by atoms with Gasteiger partial charge in [0.05, 0.1) is 19.1 Å². The lowest BCUT2D eigenvalue weighted by Gasteiger charge is -2.18. The van der Waals surface area contributed by atoms with Crippen LogP contribution in [-0.4, -0.2) is 33.4 Å². The zero-order valence-corrected chi connectivity index (χ0v) is 11.0. The topological polar surface area (TPSA) is 77.3 Å². The summed E-state index contributed by atoms with van der Waals surface area (Å²) < 4.78 is 7.07. The molecule has 0 bridgehead atoms. The molecule has 6 heteroatoms. The fourth-order valence-electron chi connectivity index (χ4n) is 1.82. The van der Waals surface area contributed by atoms with Crippen LogP contribution in [0.2, 0.25) is 0 Å². The number of carbonyl (C=O) groups is 1. The van der Waals surface area contributed by atoms with Crippen LogP contribution in [0.25, 0.3) is 0 Å².